The highest BCUT2D eigenvalue weighted by molar-refractivity contribution is 14.1. The summed E-state index contributed by atoms with van der Waals surface area (Å²) in [7, 11) is 3.22. The molecule has 3 heterocycles. The fourth-order valence-corrected chi connectivity index (χ4v) is 8.92. The van der Waals surface area contributed by atoms with Gasteiger partial charge in [0.2, 0.25) is 23.4 Å². The number of amides is 1. The minimum Gasteiger partial charge on any atom is -0.369 e. The number of carbonyl (C=O) groups excluding carboxylic acids is 1. The first-order valence-electron chi connectivity index (χ1n) is 24.3. The van der Waals surface area contributed by atoms with Crippen LogP contribution in [0, 0.1) is 29.3 Å². The molecule has 3 aliphatic carbocycles. The second-order valence-electron chi connectivity index (χ2n) is 18.9. The highest BCUT2D eigenvalue weighted by Crippen LogP contribution is 2.54. The highest BCUT2D eigenvalue weighted by atomic mass is 127. The molecule has 3 aliphatic rings. The smallest absolute Gasteiger partial charge is 0.369 e. The van der Waals surface area contributed by atoms with Crippen LogP contribution in [0.1, 0.15) is 90.5 Å². The number of primary amides is 1. The maximum atomic E-state index is 15.3. The van der Waals surface area contributed by atoms with Crippen molar-refractivity contribution in [3.63, 3.8) is 0 Å². The van der Waals surface area contributed by atoms with Gasteiger partial charge >= 0.3 is 18.5 Å². The number of aromatic nitrogens is 6. The van der Waals surface area contributed by atoms with Gasteiger partial charge < -0.3 is 26.2 Å². The number of benzene rings is 4. The van der Waals surface area contributed by atoms with E-state index in [9.17, 15) is 61.9 Å². The minimum absolute atomic E-state index is 0. The van der Waals surface area contributed by atoms with E-state index in [1.165, 1.54) is 54.7 Å². The summed E-state index contributed by atoms with van der Waals surface area (Å²) in [6.07, 6.45) is -6.34. The highest BCUT2D eigenvalue weighted by Gasteiger charge is 2.51. The van der Waals surface area contributed by atoms with Gasteiger partial charge in [-0.3, -0.25) is 4.79 Å². The molecule has 3 aromatic heterocycles. The molecule has 10 rings (SSSR count). The van der Waals surface area contributed by atoms with Gasteiger partial charge in [-0.1, -0.05) is 90.7 Å². The zero-order chi connectivity index (χ0) is 59.3. The van der Waals surface area contributed by atoms with Crippen LogP contribution in [0.3, 0.4) is 0 Å². The molecule has 438 valence electrons. The standard InChI is InChI=1S/C24H23F4N5O.C15H12F5N3.C14H10F5N3.CH3I.CH4/c1-33(23(10-11-23)17-6-8-18(9-7-17)24(26,27)28)22-20(25)21(31-14-32-22)30-13-16-4-2-15(3-5-16)12-19(29)34;1-23(13-11(16)12(17)21-8-22-13)14(6-7-14)9-2-4-10(5-3-9)15(18,19)20;15-10-11(16)20-7-21-12(10)22-13(5-6-13)8-1-3-9(4-2-8)14(17,18)19;1-2;/h2-9,14H,10-13H2,1H3,(H2,29,34)(H,30,31,32);2-5,8H,6-7H2,1H3;1-4,7H,5-6H2,(H,20,21,22);1H3;1H4. The topological polar surface area (TPSA) is 151 Å². The Morgan fingerprint density at radius 1 is 0.512 bits per heavy atom. The van der Waals surface area contributed by atoms with Gasteiger partial charge in [0.05, 0.1) is 39.7 Å². The molecule has 0 bridgehead atoms. The molecule has 12 nitrogen and oxygen atoms in total. The average Bonchev–Trinajstić information content (AvgIpc) is 4.17. The van der Waals surface area contributed by atoms with Gasteiger partial charge in [-0.05, 0) is 108 Å². The molecular formula is C55H52F14IN11O. The van der Waals surface area contributed by atoms with Crippen LogP contribution < -0.4 is 26.2 Å². The molecule has 27 heteroatoms. The van der Waals surface area contributed by atoms with Gasteiger partial charge in [-0.15, -0.1) is 0 Å². The second kappa shape index (κ2) is 25.4. The zero-order valence-electron chi connectivity index (χ0n) is 42.9. The van der Waals surface area contributed by atoms with Gasteiger partial charge in [0.15, 0.2) is 23.3 Å². The van der Waals surface area contributed by atoms with Gasteiger partial charge in [0, 0.05) is 20.6 Å². The van der Waals surface area contributed by atoms with E-state index in [4.69, 9.17) is 5.73 Å². The molecule has 0 aliphatic heterocycles. The number of halogens is 15. The third-order valence-electron chi connectivity index (χ3n) is 13.8. The summed E-state index contributed by atoms with van der Waals surface area (Å²) in [4.78, 5) is 37.8. The van der Waals surface area contributed by atoms with Gasteiger partial charge in [-0.2, -0.15) is 61.5 Å². The Labute approximate surface area is 475 Å². The van der Waals surface area contributed by atoms with Crippen LogP contribution in [0.15, 0.2) is 116 Å². The molecule has 0 unspecified atom stereocenters. The van der Waals surface area contributed by atoms with Gasteiger partial charge in [0.1, 0.15) is 19.0 Å². The molecule has 0 saturated heterocycles. The summed E-state index contributed by atoms with van der Waals surface area (Å²) >= 11 is 2.15. The maximum absolute atomic E-state index is 15.3. The fraction of sp³-hybridized carbons (Fsp3) is 0.327. The Morgan fingerprint density at radius 2 is 0.878 bits per heavy atom. The molecular weight excluding hydrogens is 1220 g/mol. The molecule has 7 aromatic rings. The summed E-state index contributed by atoms with van der Waals surface area (Å²) in [5.74, 6) is -6.42. The maximum Gasteiger partial charge on any atom is 0.416 e. The first-order chi connectivity index (χ1) is 38.2. The first-order valence-corrected chi connectivity index (χ1v) is 26.4. The van der Waals surface area contributed by atoms with Crippen LogP contribution in [0.5, 0.6) is 0 Å². The molecule has 3 fully saturated rings. The Kier molecular flexibility index (Phi) is 19.7. The van der Waals surface area contributed by atoms with E-state index >= 15 is 4.39 Å². The number of nitrogens with one attached hydrogen (secondary N) is 2. The number of anilines is 4. The van der Waals surface area contributed by atoms with Crippen LogP contribution in [0.25, 0.3) is 0 Å². The number of hydrogen-bond donors (Lipinski definition) is 3. The third-order valence-corrected chi connectivity index (χ3v) is 13.8. The van der Waals surface area contributed by atoms with E-state index in [1.807, 2.05) is 4.93 Å². The number of nitrogens with two attached hydrogens (primary N) is 1. The van der Waals surface area contributed by atoms with Crippen molar-refractivity contribution < 1.29 is 66.3 Å². The van der Waals surface area contributed by atoms with Crippen molar-refractivity contribution in [1.29, 1.82) is 0 Å². The zero-order valence-corrected chi connectivity index (χ0v) is 45.0. The number of hydrogen-bond acceptors (Lipinski definition) is 11. The summed E-state index contributed by atoms with van der Waals surface area (Å²) in [6, 6.07) is 21.4. The van der Waals surface area contributed by atoms with Crippen LogP contribution in [-0.4, -0.2) is 54.8 Å². The molecule has 3 saturated carbocycles. The number of rotatable bonds is 14. The second-order valence-corrected chi connectivity index (χ2v) is 18.9. The van der Waals surface area contributed by atoms with E-state index in [1.54, 1.807) is 36.2 Å². The van der Waals surface area contributed by atoms with E-state index in [0.29, 0.717) is 55.2 Å². The van der Waals surface area contributed by atoms with Crippen LogP contribution in [0.2, 0.25) is 0 Å². The Balaban J connectivity index is 0.000000200. The monoisotopic (exact) mass is 1280 g/mol. The molecule has 82 heavy (non-hydrogen) atoms. The largest absolute Gasteiger partial charge is 0.416 e. The lowest BCUT2D eigenvalue weighted by Crippen LogP contribution is -2.33. The van der Waals surface area contributed by atoms with Crippen molar-refractivity contribution in [2.75, 3.05) is 39.5 Å². The van der Waals surface area contributed by atoms with E-state index in [0.717, 1.165) is 60.2 Å². The van der Waals surface area contributed by atoms with Crippen LogP contribution in [-0.2, 0) is 52.9 Å². The van der Waals surface area contributed by atoms with Crippen molar-refractivity contribution in [3.05, 3.63) is 190 Å². The normalized spacial score (nSPS) is 15.0. The van der Waals surface area contributed by atoms with Crippen molar-refractivity contribution in [3.8, 4) is 0 Å². The molecule has 0 spiro atoms. The predicted molar refractivity (Wildman–Crippen MR) is 287 cm³/mol. The predicted octanol–water partition coefficient (Wildman–Crippen LogP) is 13.9. The number of carbonyl (C=O) groups is 1. The van der Waals surface area contributed by atoms with Crippen molar-refractivity contribution >= 4 is 51.8 Å². The molecule has 1 amide bonds. The quantitative estimate of drug-likeness (QED) is 0.0413. The van der Waals surface area contributed by atoms with Crippen molar-refractivity contribution in [2.24, 2.45) is 5.73 Å². The summed E-state index contributed by atoms with van der Waals surface area (Å²) < 4.78 is 183. The molecule has 4 aromatic carbocycles. The van der Waals surface area contributed by atoms with Gasteiger partial charge in [0.25, 0.3) is 11.9 Å². The van der Waals surface area contributed by atoms with Crippen molar-refractivity contribution in [2.45, 2.75) is 94.1 Å². The molecule has 0 radical (unpaired) electrons. The number of nitrogens with zero attached hydrogens (tertiary/aromatic N) is 8. The Bertz CT molecular complexity index is 3280. The van der Waals surface area contributed by atoms with Crippen LogP contribution >= 0.6 is 22.6 Å². The van der Waals surface area contributed by atoms with Crippen LogP contribution in [0.4, 0.5) is 84.7 Å². The lowest BCUT2D eigenvalue weighted by molar-refractivity contribution is -0.138. The van der Waals surface area contributed by atoms with Gasteiger partial charge in [-0.25, -0.2) is 29.9 Å². The average molecular weight is 1280 g/mol. The minimum atomic E-state index is -4.41. The molecule has 0 atom stereocenters. The van der Waals surface area contributed by atoms with Crippen molar-refractivity contribution in [1.82, 2.24) is 29.9 Å². The first kappa shape index (κ1) is 63.7. The van der Waals surface area contributed by atoms with E-state index in [-0.39, 0.29) is 43.7 Å². The van der Waals surface area contributed by atoms with E-state index in [2.05, 4.69) is 63.1 Å². The lowest BCUT2D eigenvalue weighted by Gasteiger charge is -2.30. The van der Waals surface area contributed by atoms with E-state index < -0.39 is 87.1 Å². The fourth-order valence-electron chi connectivity index (χ4n) is 8.92. The Morgan fingerprint density at radius 3 is 1.28 bits per heavy atom. The lowest BCUT2D eigenvalue weighted by atomic mass is 10.0. The Hall–Kier alpha value is -7.46. The summed E-state index contributed by atoms with van der Waals surface area (Å²) in [5.41, 5.74) is 4.43. The SMILES string of the molecule is C.CI.CN(c1ncnc(F)c1F)C1(c2ccc(C(F)(F)F)cc2)CC1.CN(c1ncnc(NCc2ccc(CC(N)=O)cc2)c1F)C1(c2ccc(C(F)(F)F)cc2)CC1.Fc1ncnc(NC2(c3ccc(C(F)(F)F)cc3)CC2)c1F. The summed E-state index contributed by atoms with van der Waals surface area (Å²) in [5, 5.41) is 5.72. The molecule has 4 N–H and O–H groups in total. The summed E-state index contributed by atoms with van der Waals surface area (Å²) in [6.45, 7) is 0.290. The number of alkyl halides is 10. The third kappa shape index (κ3) is 14.6.